The Hall–Kier alpha value is -0.580. The van der Waals surface area contributed by atoms with Gasteiger partial charge in [-0.05, 0) is 5.56 Å². The normalized spacial score (nSPS) is 9.62. The van der Waals surface area contributed by atoms with Crippen LogP contribution >= 0.6 is 22.6 Å². The minimum absolute atomic E-state index is 0.123. The number of rotatable bonds is 4. The molecule has 0 bridgehead atoms. The monoisotopic (exact) mass is 289 g/mol. The molecule has 0 aliphatic carbocycles. The number of benzene rings is 1. The molecule has 0 saturated heterocycles. The van der Waals surface area contributed by atoms with Gasteiger partial charge in [-0.25, -0.2) is 0 Å². The third-order valence-electron chi connectivity index (χ3n) is 1.65. The van der Waals surface area contributed by atoms with Gasteiger partial charge in [0.25, 0.3) is 0 Å². The van der Waals surface area contributed by atoms with Gasteiger partial charge in [0.2, 0.25) is 5.91 Å². The molecule has 1 aromatic rings. The van der Waals surface area contributed by atoms with Gasteiger partial charge in [0.1, 0.15) is 0 Å². The molecule has 0 aliphatic rings. The molecule has 70 valence electrons. The van der Waals surface area contributed by atoms with Crippen LogP contribution in [0.4, 0.5) is 0 Å². The van der Waals surface area contributed by atoms with E-state index in [4.69, 9.17) is 0 Å². The fourth-order valence-corrected chi connectivity index (χ4v) is 1.46. The fraction of sp³-hybridized carbons (Fsp3) is 0.300. The van der Waals surface area contributed by atoms with E-state index in [2.05, 4.69) is 27.9 Å². The molecular formula is C10H12INO. The van der Waals surface area contributed by atoms with Crippen LogP contribution in [-0.4, -0.2) is 10.3 Å². The third kappa shape index (κ3) is 4.26. The largest absolute Gasteiger partial charge is 0.352 e. The van der Waals surface area contributed by atoms with Gasteiger partial charge in [-0.15, -0.1) is 0 Å². The fourth-order valence-electron chi connectivity index (χ4n) is 0.971. The maximum absolute atomic E-state index is 11.1. The predicted octanol–water partition coefficient (Wildman–Crippen LogP) is 2.13. The second kappa shape index (κ2) is 5.96. The molecule has 0 aromatic heterocycles. The molecule has 3 heteroatoms. The molecule has 0 unspecified atom stereocenters. The molecule has 1 rings (SSSR count). The first-order valence-corrected chi connectivity index (χ1v) is 5.72. The zero-order chi connectivity index (χ0) is 9.52. The first-order valence-electron chi connectivity index (χ1n) is 4.19. The van der Waals surface area contributed by atoms with Crippen molar-refractivity contribution in [3.05, 3.63) is 35.9 Å². The molecule has 0 fully saturated rings. The summed E-state index contributed by atoms with van der Waals surface area (Å²) in [4.78, 5) is 11.1. The van der Waals surface area contributed by atoms with Crippen molar-refractivity contribution in [3.63, 3.8) is 0 Å². The summed E-state index contributed by atoms with van der Waals surface area (Å²) >= 11 is 2.20. The lowest BCUT2D eigenvalue weighted by atomic mass is 10.2. The van der Waals surface area contributed by atoms with Crippen molar-refractivity contribution in [3.8, 4) is 0 Å². The smallest absolute Gasteiger partial charge is 0.221 e. The summed E-state index contributed by atoms with van der Waals surface area (Å²) in [5.74, 6) is 0.123. The summed E-state index contributed by atoms with van der Waals surface area (Å²) in [6, 6.07) is 9.92. The number of hydrogen-bond donors (Lipinski definition) is 1. The third-order valence-corrected chi connectivity index (χ3v) is 2.19. The van der Waals surface area contributed by atoms with Crippen molar-refractivity contribution in [2.45, 2.75) is 13.0 Å². The van der Waals surface area contributed by atoms with E-state index in [0.29, 0.717) is 13.0 Å². The van der Waals surface area contributed by atoms with Crippen LogP contribution in [0.2, 0.25) is 0 Å². The van der Waals surface area contributed by atoms with Crippen molar-refractivity contribution >= 4 is 28.5 Å². The summed E-state index contributed by atoms with van der Waals surface area (Å²) in [5, 5.41) is 2.86. The maximum atomic E-state index is 11.1. The first-order chi connectivity index (χ1) is 6.33. The van der Waals surface area contributed by atoms with Crippen LogP contribution in [0, 0.1) is 0 Å². The Labute approximate surface area is 91.9 Å². The Balaban J connectivity index is 2.31. The van der Waals surface area contributed by atoms with Gasteiger partial charge >= 0.3 is 0 Å². The summed E-state index contributed by atoms with van der Waals surface area (Å²) in [6.07, 6.45) is 0.605. The van der Waals surface area contributed by atoms with E-state index in [-0.39, 0.29) is 5.91 Å². The van der Waals surface area contributed by atoms with Gasteiger partial charge in [0.15, 0.2) is 0 Å². The first kappa shape index (κ1) is 10.5. The van der Waals surface area contributed by atoms with Gasteiger partial charge < -0.3 is 5.32 Å². The van der Waals surface area contributed by atoms with Crippen molar-refractivity contribution in [2.75, 3.05) is 4.43 Å². The highest BCUT2D eigenvalue weighted by Gasteiger charge is 1.98. The average molecular weight is 289 g/mol. The standard InChI is InChI=1S/C10H12INO/c11-7-6-10(13)12-8-9-4-2-1-3-5-9/h1-5H,6-8H2,(H,12,13). The van der Waals surface area contributed by atoms with Crippen molar-refractivity contribution in [1.82, 2.24) is 5.32 Å². The van der Waals surface area contributed by atoms with E-state index in [0.717, 1.165) is 9.99 Å². The number of carbonyl (C=O) groups is 1. The average Bonchev–Trinajstić information content (AvgIpc) is 2.17. The van der Waals surface area contributed by atoms with E-state index in [1.807, 2.05) is 30.3 Å². The van der Waals surface area contributed by atoms with E-state index in [1.54, 1.807) is 0 Å². The van der Waals surface area contributed by atoms with Gasteiger partial charge in [0.05, 0.1) is 0 Å². The Morgan fingerprint density at radius 1 is 1.31 bits per heavy atom. The van der Waals surface area contributed by atoms with Crippen LogP contribution in [0.5, 0.6) is 0 Å². The maximum Gasteiger partial charge on any atom is 0.221 e. The van der Waals surface area contributed by atoms with Crippen LogP contribution in [-0.2, 0) is 11.3 Å². The van der Waals surface area contributed by atoms with E-state index < -0.39 is 0 Å². The number of halogens is 1. The molecule has 1 aromatic carbocycles. The summed E-state index contributed by atoms with van der Waals surface area (Å²) in [5.41, 5.74) is 1.14. The molecule has 0 heterocycles. The Morgan fingerprint density at radius 2 is 2.00 bits per heavy atom. The van der Waals surface area contributed by atoms with Crippen molar-refractivity contribution < 1.29 is 4.79 Å². The molecule has 2 nitrogen and oxygen atoms in total. The molecule has 1 N–H and O–H groups in total. The van der Waals surface area contributed by atoms with Crippen molar-refractivity contribution in [2.24, 2.45) is 0 Å². The highest BCUT2D eigenvalue weighted by molar-refractivity contribution is 14.1. The Bertz CT molecular complexity index is 261. The van der Waals surface area contributed by atoms with Crippen LogP contribution in [0.1, 0.15) is 12.0 Å². The molecule has 0 radical (unpaired) electrons. The van der Waals surface area contributed by atoms with Crippen molar-refractivity contribution in [1.29, 1.82) is 0 Å². The van der Waals surface area contributed by atoms with Gasteiger partial charge in [0, 0.05) is 17.4 Å². The van der Waals surface area contributed by atoms with Crippen LogP contribution in [0.25, 0.3) is 0 Å². The highest BCUT2D eigenvalue weighted by atomic mass is 127. The molecule has 13 heavy (non-hydrogen) atoms. The summed E-state index contributed by atoms with van der Waals surface area (Å²) < 4.78 is 0.873. The minimum Gasteiger partial charge on any atom is -0.352 e. The second-order valence-electron chi connectivity index (χ2n) is 2.70. The molecule has 0 atom stereocenters. The lowest BCUT2D eigenvalue weighted by Crippen LogP contribution is -2.22. The van der Waals surface area contributed by atoms with E-state index in [1.165, 1.54) is 0 Å². The van der Waals surface area contributed by atoms with Crippen LogP contribution in [0.3, 0.4) is 0 Å². The summed E-state index contributed by atoms with van der Waals surface area (Å²) in [6.45, 7) is 0.635. The van der Waals surface area contributed by atoms with Gasteiger partial charge in [-0.1, -0.05) is 52.9 Å². The van der Waals surface area contributed by atoms with Gasteiger partial charge in [-0.3, -0.25) is 4.79 Å². The lowest BCUT2D eigenvalue weighted by molar-refractivity contribution is -0.120. The Morgan fingerprint density at radius 3 is 2.62 bits per heavy atom. The number of nitrogens with one attached hydrogen (secondary N) is 1. The number of alkyl halides is 1. The zero-order valence-corrected chi connectivity index (χ0v) is 9.45. The molecule has 0 spiro atoms. The van der Waals surface area contributed by atoms with Crippen LogP contribution in [0.15, 0.2) is 30.3 Å². The second-order valence-corrected chi connectivity index (χ2v) is 3.78. The quantitative estimate of drug-likeness (QED) is 0.667. The Kier molecular flexibility index (Phi) is 4.82. The predicted molar refractivity (Wildman–Crippen MR) is 61.8 cm³/mol. The minimum atomic E-state index is 0.123. The number of carbonyl (C=O) groups excluding carboxylic acids is 1. The topological polar surface area (TPSA) is 29.1 Å². The zero-order valence-electron chi connectivity index (χ0n) is 7.29. The number of amides is 1. The molecular weight excluding hydrogens is 277 g/mol. The SMILES string of the molecule is O=C(CCI)NCc1ccccc1. The molecule has 0 saturated carbocycles. The van der Waals surface area contributed by atoms with E-state index >= 15 is 0 Å². The molecule has 0 aliphatic heterocycles. The molecule has 1 amide bonds. The highest BCUT2D eigenvalue weighted by Crippen LogP contribution is 1.97. The lowest BCUT2D eigenvalue weighted by Gasteiger charge is -2.03. The van der Waals surface area contributed by atoms with E-state index in [9.17, 15) is 4.79 Å². The number of hydrogen-bond acceptors (Lipinski definition) is 1. The van der Waals surface area contributed by atoms with Gasteiger partial charge in [-0.2, -0.15) is 0 Å². The summed E-state index contributed by atoms with van der Waals surface area (Å²) in [7, 11) is 0. The van der Waals surface area contributed by atoms with Crippen LogP contribution < -0.4 is 5.32 Å².